The number of ether oxygens (including phenoxy) is 1. The number of aliphatic hydroxyl groups is 1. The van der Waals surface area contributed by atoms with Crippen LogP contribution in [-0.2, 0) is 25.7 Å². The summed E-state index contributed by atoms with van der Waals surface area (Å²) < 4.78 is 6.47. The minimum Gasteiger partial charge on any atom is -0.489 e. The van der Waals surface area contributed by atoms with Crippen LogP contribution in [0.4, 0.5) is 5.69 Å². The number of carbonyl (C=O) groups excluding carboxylic acids is 5. The van der Waals surface area contributed by atoms with Crippen LogP contribution in [0.5, 0.6) is 5.75 Å². The van der Waals surface area contributed by atoms with Gasteiger partial charge in [0, 0.05) is 60.5 Å². The molecule has 5 amide bonds. The van der Waals surface area contributed by atoms with E-state index >= 15 is 0 Å². The predicted octanol–water partition coefficient (Wildman–Crippen LogP) is 8.56. The Morgan fingerprint density at radius 3 is 2.35 bits per heavy atom. The number of aryl methyl sites for hydroxylation is 1. The van der Waals surface area contributed by atoms with Crippen molar-refractivity contribution in [3.05, 3.63) is 111 Å². The molecular formula is C56H64ClN7O7S. The molecule has 3 fully saturated rings. The number of thiazole rings is 1. The number of rotatable bonds is 14. The fourth-order valence-electron chi connectivity index (χ4n) is 11.3. The van der Waals surface area contributed by atoms with Crippen molar-refractivity contribution in [3.63, 3.8) is 0 Å². The first-order valence-electron chi connectivity index (χ1n) is 24.6. The number of fused-ring (bicyclic) bond motifs is 1. The van der Waals surface area contributed by atoms with Crippen LogP contribution in [0.2, 0.25) is 5.02 Å². The lowest BCUT2D eigenvalue weighted by Crippen LogP contribution is -2.74. The van der Waals surface area contributed by atoms with Crippen LogP contribution >= 0.6 is 22.9 Å². The molecule has 1 aromatic heterocycles. The third-order valence-corrected chi connectivity index (χ3v) is 16.2. The van der Waals surface area contributed by atoms with E-state index < -0.39 is 52.6 Å². The van der Waals surface area contributed by atoms with Crippen LogP contribution in [0.15, 0.2) is 66.2 Å². The fraction of sp³-hybridized carbons (Fsp3) is 0.482. The van der Waals surface area contributed by atoms with E-state index in [2.05, 4.69) is 65.3 Å². The molecule has 4 N–H and O–H groups in total. The van der Waals surface area contributed by atoms with Crippen LogP contribution in [0.25, 0.3) is 15.3 Å². The molecule has 16 heteroatoms. The van der Waals surface area contributed by atoms with E-state index in [9.17, 15) is 29.1 Å². The average Bonchev–Trinajstić information content (AvgIpc) is 3.74. The Hall–Kier alpha value is -6.26. The van der Waals surface area contributed by atoms with Crippen molar-refractivity contribution in [2.45, 2.75) is 137 Å². The second-order valence-corrected chi connectivity index (χ2v) is 23.4. The smallest absolute Gasteiger partial charge is 0.254 e. The lowest BCUT2D eigenvalue weighted by Gasteiger charge is -2.65. The van der Waals surface area contributed by atoms with Gasteiger partial charge in [-0.25, -0.2) is 9.83 Å². The van der Waals surface area contributed by atoms with Crippen molar-refractivity contribution in [2.24, 2.45) is 21.7 Å². The maximum Gasteiger partial charge on any atom is 0.254 e. The van der Waals surface area contributed by atoms with Crippen LogP contribution in [-0.4, -0.2) is 92.8 Å². The van der Waals surface area contributed by atoms with E-state index in [1.54, 1.807) is 29.5 Å². The third kappa shape index (κ3) is 10.1. The number of likely N-dealkylation sites (tertiary alicyclic amines) is 1. The molecule has 0 radical (unpaired) electrons. The number of hydrogen-bond acceptors (Lipinski definition) is 9. The molecule has 14 nitrogen and oxygen atoms in total. The summed E-state index contributed by atoms with van der Waals surface area (Å²) in [6, 6.07) is 16.1. The number of unbranched alkanes of at least 4 members (excludes halogenated alkanes) is 1. The second kappa shape index (κ2) is 20.0. The SMILES string of the molecule is [C-]#[N+]c1ccc(OC2C(C)(C)C(N3Cc4cc(C#CCCCNC(=O)C5(C(=O)N[C@H](C(=O)N6C[C@@H](O)C[C@H]6C(=O)N[C@@H](C)c6ccc(-c7scnc7C)cc6)C(C)(C)C)CC5)ccc4C3=O)C2(C)C)cc1Cl. The van der Waals surface area contributed by atoms with Crippen LogP contribution < -0.4 is 20.7 Å². The van der Waals surface area contributed by atoms with Crippen molar-refractivity contribution < 1.29 is 33.8 Å². The minimum atomic E-state index is -1.31. The van der Waals surface area contributed by atoms with Gasteiger partial charge in [0.25, 0.3) is 5.91 Å². The monoisotopic (exact) mass is 1010 g/mol. The first-order chi connectivity index (χ1) is 34.0. The highest BCUT2D eigenvalue weighted by Gasteiger charge is 2.67. The summed E-state index contributed by atoms with van der Waals surface area (Å²) in [5.41, 5.74) is 4.51. The number of carbonyl (C=O) groups is 5. The summed E-state index contributed by atoms with van der Waals surface area (Å²) in [4.78, 5) is 81.6. The van der Waals surface area contributed by atoms with E-state index in [1.807, 2.05) is 87.5 Å². The van der Waals surface area contributed by atoms with Crippen molar-refractivity contribution in [1.82, 2.24) is 30.7 Å². The number of aliphatic hydroxyl groups excluding tert-OH is 1. The molecule has 4 aliphatic rings. The van der Waals surface area contributed by atoms with E-state index in [4.69, 9.17) is 22.9 Å². The zero-order valence-corrected chi connectivity index (χ0v) is 44.0. The lowest BCUT2D eigenvalue weighted by atomic mass is 9.49. The molecule has 72 heavy (non-hydrogen) atoms. The van der Waals surface area contributed by atoms with Crippen molar-refractivity contribution in [1.29, 1.82) is 0 Å². The lowest BCUT2D eigenvalue weighted by molar-refractivity contribution is -0.199. The maximum atomic E-state index is 14.3. The summed E-state index contributed by atoms with van der Waals surface area (Å²) in [7, 11) is 0. The van der Waals surface area contributed by atoms with Gasteiger partial charge in [-0.1, -0.05) is 102 Å². The summed E-state index contributed by atoms with van der Waals surface area (Å²) in [6.45, 7) is 25.7. The highest BCUT2D eigenvalue weighted by molar-refractivity contribution is 7.13. The van der Waals surface area contributed by atoms with Crippen molar-refractivity contribution >= 4 is 58.2 Å². The van der Waals surface area contributed by atoms with Gasteiger partial charge in [-0.15, -0.1) is 11.3 Å². The molecule has 1 saturated heterocycles. The topological polar surface area (TPSA) is 175 Å². The first-order valence-corrected chi connectivity index (χ1v) is 25.9. The largest absolute Gasteiger partial charge is 0.489 e. The van der Waals surface area contributed by atoms with Gasteiger partial charge in [0.2, 0.25) is 29.3 Å². The van der Waals surface area contributed by atoms with Crippen LogP contribution in [0, 0.1) is 47.0 Å². The van der Waals surface area contributed by atoms with Gasteiger partial charge < -0.3 is 35.6 Å². The Balaban J connectivity index is 0.819. The Morgan fingerprint density at radius 2 is 1.72 bits per heavy atom. The third-order valence-electron chi connectivity index (χ3n) is 14.9. The molecule has 8 rings (SSSR count). The molecule has 378 valence electrons. The number of nitrogens with zero attached hydrogens (tertiary/aromatic N) is 4. The summed E-state index contributed by atoms with van der Waals surface area (Å²) in [5.74, 6) is 5.11. The normalized spacial score (nSPS) is 22.0. The minimum absolute atomic E-state index is 0.0244. The number of nitrogens with one attached hydrogen (secondary N) is 3. The van der Waals surface area contributed by atoms with Gasteiger partial charge in [-0.05, 0) is 85.5 Å². The molecule has 4 atom stereocenters. The fourth-order valence-corrected chi connectivity index (χ4v) is 12.3. The Morgan fingerprint density at radius 1 is 1.01 bits per heavy atom. The van der Waals surface area contributed by atoms with Gasteiger partial charge in [0.1, 0.15) is 29.4 Å². The van der Waals surface area contributed by atoms with E-state index in [0.717, 1.165) is 32.8 Å². The van der Waals surface area contributed by atoms with Gasteiger partial charge in [0.05, 0.1) is 39.8 Å². The number of halogens is 1. The Kier molecular flexibility index (Phi) is 14.4. The van der Waals surface area contributed by atoms with Crippen LogP contribution in [0.1, 0.15) is 126 Å². The highest BCUT2D eigenvalue weighted by Crippen LogP contribution is 2.59. The molecule has 2 aliphatic carbocycles. The molecule has 0 bridgehead atoms. The molecule has 0 spiro atoms. The zero-order valence-electron chi connectivity index (χ0n) is 42.4. The molecular weight excluding hydrogens is 950 g/mol. The number of benzene rings is 3. The average molecular weight is 1010 g/mol. The molecule has 2 aliphatic heterocycles. The number of aromatic nitrogens is 1. The Labute approximate surface area is 431 Å². The highest BCUT2D eigenvalue weighted by atomic mass is 35.5. The molecule has 3 aromatic carbocycles. The predicted molar refractivity (Wildman–Crippen MR) is 277 cm³/mol. The molecule has 4 aromatic rings. The standard InChI is InChI=1S/C56H64ClN7O7S/c1-32(35-16-18-36(19-17-35)44-33(2)60-31-72-44)61-46(66)43-27-38(65)30-63(43)48(68)45(53(3,4)5)62-52(70)56(23-24-56)51(69)59-25-13-11-12-14-34-15-21-40-37(26-34)29-64(47(40)67)49-54(6,7)50(55(49,8)9)71-39-20-22-42(58-10)41(57)28-39/h15-22,26,28,31-32,38,43,45,49-50,65H,11,13,23-25,27,29-30H2,1-9H3,(H,59,69)(H,61,66)(H,62,70)/t32-,38-,43-,45+,49?,50?/m0/s1. The number of β-amino-alcohol motifs (C(OH)–C–C–N with tert-alkyl or cyclic N) is 1. The maximum absolute atomic E-state index is 14.3. The first kappa shape index (κ1) is 52.1. The summed E-state index contributed by atoms with van der Waals surface area (Å²) in [5, 5.41) is 19.9. The summed E-state index contributed by atoms with van der Waals surface area (Å²) in [6.07, 6.45) is 0.610. The quantitative estimate of drug-likeness (QED) is 0.0421. The van der Waals surface area contributed by atoms with E-state index in [1.165, 1.54) is 4.90 Å². The second-order valence-electron chi connectivity index (χ2n) is 22.1. The van der Waals surface area contributed by atoms with E-state index in [-0.39, 0.29) is 47.9 Å². The number of amides is 5. The van der Waals surface area contributed by atoms with E-state index in [0.29, 0.717) is 60.8 Å². The number of hydrogen-bond donors (Lipinski definition) is 4. The van der Waals surface area contributed by atoms with Crippen LogP contribution in [0.3, 0.4) is 0 Å². The molecule has 3 heterocycles. The van der Waals surface area contributed by atoms with Gasteiger partial charge in [-0.2, -0.15) is 0 Å². The van der Waals surface area contributed by atoms with Gasteiger partial charge in [0.15, 0.2) is 0 Å². The Bertz CT molecular complexity index is 2890. The zero-order chi connectivity index (χ0) is 52.1. The summed E-state index contributed by atoms with van der Waals surface area (Å²) >= 11 is 7.87. The van der Waals surface area contributed by atoms with Gasteiger partial charge in [-0.3, -0.25) is 24.0 Å². The van der Waals surface area contributed by atoms with Gasteiger partial charge >= 0.3 is 0 Å². The molecule has 2 saturated carbocycles. The molecule has 0 unspecified atom stereocenters. The van der Waals surface area contributed by atoms with Crippen molar-refractivity contribution in [3.8, 4) is 28.0 Å². The van der Waals surface area contributed by atoms with Crippen molar-refractivity contribution in [2.75, 3.05) is 13.1 Å².